The summed E-state index contributed by atoms with van der Waals surface area (Å²) in [6.07, 6.45) is -19.1. The van der Waals surface area contributed by atoms with Crippen LogP contribution in [0.4, 0.5) is 0 Å². The Bertz CT molecular complexity index is 3170. The third kappa shape index (κ3) is 13.8. The maximum Gasteiger partial charge on any atom is 0.338 e. The highest BCUT2D eigenvalue weighted by atomic mass is 16.8. The second-order valence-corrected chi connectivity index (χ2v) is 17.8. The molecule has 1 N–H and O–H groups in total. The largest absolute Gasteiger partial charge is 0.459 e. The third-order valence-electron chi connectivity index (χ3n) is 12.5. The van der Waals surface area contributed by atoms with Gasteiger partial charge in [0.25, 0.3) is 0 Å². The molecule has 0 amide bonds. The van der Waals surface area contributed by atoms with Crippen LogP contribution in [0, 0.1) is 0 Å². The number of rotatable bonds is 18. The van der Waals surface area contributed by atoms with Crippen molar-refractivity contribution in [1.82, 2.24) is 0 Å². The van der Waals surface area contributed by atoms with Gasteiger partial charge >= 0.3 is 41.8 Å². The lowest BCUT2D eigenvalue weighted by molar-refractivity contribution is -0.352. The fraction of sp³-hybridized carbons (Fsp3) is 0.197. The average Bonchev–Trinajstić information content (AvgIpc) is 3.50. The minimum absolute atomic E-state index is 0.000933. The molecule has 0 saturated carbocycles. The van der Waals surface area contributed by atoms with Gasteiger partial charge in [-0.3, -0.25) is 0 Å². The fourth-order valence-electron chi connectivity index (χ4n) is 8.59. The van der Waals surface area contributed by atoms with Crippen LogP contribution in [0.25, 0.3) is 0 Å². The van der Waals surface area contributed by atoms with Crippen molar-refractivity contribution in [2.24, 2.45) is 0 Å². The first kappa shape index (κ1) is 54.5. The smallest absolute Gasteiger partial charge is 0.338 e. The molecule has 2 aliphatic heterocycles. The SMILES string of the molecule is O=C(OC[C@H]1O[C@H](O)[C@H](OC(=O)c2ccccc2)[C@@H](O[C@@H]2O[C@H](COC(=O)c3ccccc3)[C@@H](OC(=O)c3ccccc3)[C@H](OC(=O)c3ccccc3)[C@H]2OC(=O)c2ccccc2)[C@@H]1OC(=O)c1ccccc1)c1ccccc1. The summed E-state index contributed by atoms with van der Waals surface area (Å²) in [5.41, 5.74) is 0.295. The van der Waals surface area contributed by atoms with Gasteiger partial charge in [-0.25, -0.2) is 33.6 Å². The number of hydrogen-bond donors (Lipinski definition) is 1. The third-order valence-corrected chi connectivity index (χ3v) is 12.5. The molecular weight excluding hydrogens is 1020 g/mol. The second kappa shape index (κ2) is 26.1. The van der Waals surface area contributed by atoms with E-state index in [0.717, 1.165) is 0 Å². The Hall–Kier alpha value is -9.33. The Labute approximate surface area is 452 Å². The van der Waals surface area contributed by atoms with E-state index in [0.29, 0.717) is 0 Å². The lowest BCUT2D eigenvalue weighted by atomic mass is 9.95. The number of carbonyl (C=O) groups excluding carboxylic acids is 7. The normalized spacial score (nSPS) is 22.4. The van der Waals surface area contributed by atoms with Gasteiger partial charge in [-0.15, -0.1) is 0 Å². The number of aliphatic hydroxyl groups excluding tert-OH is 1. The van der Waals surface area contributed by atoms with Gasteiger partial charge in [0, 0.05) is 0 Å². The summed E-state index contributed by atoms with van der Waals surface area (Å²) in [4.78, 5) is 98.6. The molecule has 2 fully saturated rings. The van der Waals surface area contributed by atoms with E-state index < -0.39 is 116 Å². The van der Waals surface area contributed by atoms with Crippen molar-refractivity contribution in [3.05, 3.63) is 251 Å². The summed E-state index contributed by atoms with van der Waals surface area (Å²) in [6.45, 7) is -1.48. The Morgan fingerprint density at radius 2 is 0.557 bits per heavy atom. The Balaban J connectivity index is 1.18. The summed E-state index contributed by atoms with van der Waals surface area (Å²) in [7, 11) is 0. The number of hydrogen-bond acceptors (Lipinski definition) is 18. The predicted octanol–water partition coefficient (Wildman–Crippen LogP) is 7.66. The highest BCUT2D eigenvalue weighted by molar-refractivity contribution is 5.93. The standard InChI is InChI=1S/C61H50O18/c62-53(38-22-8-1-9-23-38)70-36-45-47(74-55(64)40-26-12-3-13-27-40)49(51(60(69)72-45)77-58(67)43-32-18-6-19-33-43)79-61-52(78-59(68)44-34-20-7-21-35-44)50(76-57(66)42-30-16-5-17-31-42)48(75-56(65)41-28-14-4-15-29-41)46(73-61)37-71-54(63)39-24-10-2-11-25-39/h1-35,45-52,60-61,69H,36-37H2/t45-,46-,47-,48-,49+,50+,51-,52-,60+,61+/m1/s1. The molecule has 0 spiro atoms. The summed E-state index contributed by atoms with van der Waals surface area (Å²) in [6, 6.07) is 54.1. The summed E-state index contributed by atoms with van der Waals surface area (Å²) >= 11 is 0. The number of carbonyl (C=O) groups is 7. The van der Waals surface area contributed by atoms with Gasteiger partial charge in [0.2, 0.25) is 0 Å². The van der Waals surface area contributed by atoms with E-state index >= 15 is 0 Å². The Morgan fingerprint density at radius 1 is 0.304 bits per heavy atom. The van der Waals surface area contributed by atoms with Crippen molar-refractivity contribution in [1.29, 1.82) is 0 Å². The van der Waals surface area contributed by atoms with E-state index in [4.69, 9.17) is 47.4 Å². The summed E-state index contributed by atoms with van der Waals surface area (Å²) in [5, 5.41) is 12.0. The minimum Gasteiger partial charge on any atom is -0.459 e. The quantitative estimate of drug-likeness (QED) is 0.0642. The molecule has 7 aromatic rings. The molecule has 2 aliphatic rings. The first-order valence-electron chi connectivity index (χ1n) is 24.9. The van der Waals surface area contributed by atoms with Crippen LogP contribution in [0.1, 0.15) is 72.5 Å². The monoisotopic (exact) mass is 1070 g/mol. The molecule has 2 heterocycles. The van der Waals surface area contributed by atoms with Crippen molar-refractivity contribution in [3.8, 4) is 0 Å². The van der Waals surface area contributed by atoms with Crippen LogP contribution < -0.4 is 0 Å². The van der Waals surface area contributed by atoms with Crippen LogP contribution in [0.15, 0.2) is 212 Å². The second-order valence-electron chi connectivity index (χ2n) is 17.8. The molecule has 0 aromatic heterocycles. The molecule has 7 aromatic carbocycles. The van der Waals surface area contributed by atoms with Gasteiger partial charge in [0.15, 0.2) is 43.1 Å². The molecule has 79 heavy (non-hydrogen) atoms. The molecule has 18 heteroatoms. The van der Waals surface area contributed by atoms with Gasteiger partial charge < -0.3 is 52.5 Å². The van der Waals surface area contributed by atoms with Crippen LogP contribution in [-0.2, 0) is 47.4 Å². The average molecular weight is 1070 g/mol. The van der Waals surface area contributed by atoms with Crippen LogP contribution >= 0.6 is 0 Å². The molecule has 10 atom stereocenters. The lowest BCUT2D eigenvalue weighted by Gasteiger charge is -2.48. The van der Waals surface area contributed by atoms with Crippen molar-refractivity contribution >= 4 is 41.8 Å². The molecule has 18 nitrogen and oxygen atoms in total. The van der Waals surface area contributed by atoms with E-state index in [1.165, 1.54) is 84.9 Å². The van der Waals surface area contributed by atoms with E-state index in [2.05, 4.69) is 0 Å². The fourth-order valence-corrected chi connectivity index (χ4v) is 8.59. The number of ether oxygens (including phenoxy) is 10. The minimum atomic E-state index is -2.16. The highest BCUT2D eigenvalue weighted by Gasteiger charge is 2.58. The van der Waals surface area contributed by atoms with E-state index in [-0.39, 0.29) is 38.9 Å². The zero-order valence-electron chi connectivity index (χ0n) is 41.8. The molecule has 0 bridgehead atoms. The predicted molar refractivity (Wildman–Crippen MR) is 276 cm³/mol. The Morgan fingerprint density at radius 3 is 0.886 bits per heavy atom. The van der Waals surface area contributed by atoms with E-state index in [9.17, 15) is 38.7 Å². The van der Waals surface area contributed by atoms with Crippen molar-refractivity contribution < 1.29 is 86.0 Å². The summed E-state index contributed by atoms with van der Waals surface area (Å²) in [5.74, 6) is -6.72. The van der Waals surface area contributed by atoms with Gasteiger partial charge in [0.05, 0.1) is 38.9 Å². The molecule has 0 aliphatic carbocycles. The molecule has 9 rings (SSSR count). The van der Waals surface area contributed by atoms with E-state index in [1.807, 2.05) is 0 Å². The molecular formula is C61H50O18. The van der Waals surface area contributed by atoms with Crippen molar-refractivity contribution in [3.63, 3.8) is 0 Å². The van der Waals surface area contributed by atoms with Crippen LogP contribution in [-0.4, -0.2) is 122 Å². The summed E-state index contributed by atoms with van der Waals surface area (Å²) < 4.78 is 61.9. The van der Waals surface area contributed by atoms with Gasteiger partial charge in [-0.2, -0.15) is 0 Å². The van der Waals surface area contributed by atoms with Crippen LogP contribution in [0.3, 0.4) is 0 Å². The zero-order chi connectivity index (χ0) is 55.1. The number of benzene rings is 7. The van der Waals surface area contributed by atoms with Crippen LogP contribution in [0.5, 0.6) is 0 Å². The Kier molecular flexibility index (Phi) is 18.0. The topological polar surface area (TPSA) is 232 Å². The number of esters is 7. The first-order chi connectivity index (χ1) is 38.5. The molecule has 0 unspecified atom stereocenters. The molecule has 0 radical (unpaired) electrons. The maximum absolute atomic E-state index is 14.5. The highest BCUT2D eigenvalue weighted by Crippen LogP contribution is 2.37. The number of aliphatic hydroxyl groups is 1. The molecule has 402 valence electrons. The van der Waals surface area contributed by atoms with Crippen LogP contribution in [0.2, 0.25) is 0 Å². The first-order valence-corrected chi connectivity index (χ1v) is 24.9. The van der Waals surface area contributed by atoms with Crippen molar-refractivity contribution in [2.45, 2.75) is 61.4 Å². The lowest BCUT2D eigenvalue weighted by Crippen LogP contribution is -2.67. The van der Waals surface area contributed by atoms with Gasteiger partial charge in [0.1, 0.15) is 31.5 Å². The molecule has 2 saturated heterocycles. The van der Waals surface area contributed by atoms with Gasteiger partial charge in [-0.1, -0.05) is 127 Å². The maximum atomic E-state index is 14.5. The van der Waals surface area contributed by atoms with Gasteiger partial charge in [-0.05, 0) is 84.9 Å². The zero-order valence-corrected chi connectivity index (χ0v) is 41.8. The van der Waals surface area contributed by atoms with Crippen molar-refractivity contribution in [2.75, 3.05) is 13.2 Å². The van der Waals surface area contributed by atoms with E-state index in [1.54, 1.807) is 127 Å².